The van der Waals surface area contributed by atoms with Crippen LogP contribution in [0.5, 0.6) is 5.75 Å². The molecule has 2 amide bonds. The minimum atomic E-state index is -0.151. The predicted octanol–water partition coefficient (Wildman–Crippen LogP) is 1.62. The van der Waals surface area contributed by atoms with Gasteiger partial charge in [0.25, 0.3) is 0 Å². The van der Waals surface area contributed by atoms with E-state index in [1.165, 1.54) is 0 Å². The van der Waals surface area contributed by atoms with E-state index >= 15 is 0 Å². The van der Waals surface area contributed by atoms with Crippen LogP contribution in [0, 0.1) is 0 Å². The summed E-state index contributed by atoms with van der Waals surface area (Å²) in [7, 11) is 1.57. The second-order valence-corrected chi connectivity index (χ2v) is 5.80. The Hall–Kier alpha value is -2.08. The number of hydrogen-bond donors (Lipinski definition) is 2. The maximum atomic E-state index is 12.2. The Morgan fingerprint density at radius 3 is 2.57 bits per heavy atom. The molecular weight excluding hydrogens is 294 g/mol. The van der Waals surface area contributed by atoms with Gasteiger partial charge in [0.2, 0.25) is 11.8 Å². The zero-order valence-corrected chi connectivity index (χ0v) is 13.8. The smallest absolute Gasteiger partial charge is 0.238 e. The first kappa shape index (κ1) is 17.3. The third kappa shape index (κ3) is 5.90. The molecule has 0 aliphatic heterocycles. The van der Waals surface area contributed by atoms with Gasteiger partial charge < -0.3 is 15.4 Å². The SMILES string of the molecule is CCCN(CC(=O)Nc1ccccc1OC)CC(=O)NC1CC1. The number of benzene rings is 1. The molecule has 0 radical (unpaired) electrons. The lowest BCUT2D eigenvalue weighted by atomic mass is 10.3. The number of ether oxygens (including phenoxy) is 1. The third-order valence-corrected chi connectivity index (χ3v) is 3.60. The van der Waals surface area contributed by atoms with Crippen molar-refractivity contribution >= 4 is 17.5 Å². The number of carbonyl (C=O) groups excluding carboxylic acids is 2. The van der Waals surface area contributed by atoms with Crippen LogP contribution in [0.1, 0.15) is 26.2 Å². The van der Waals surface area contributed by atoms with Crippen molar-refractivity contribution in [1.29, 1.82) is 0 Å². The van der Waals surface area contributed by atoms with Crippen molar-refractivity contribution in [2.75, 3.05) is 32.1 Å². The second-order valence-electron chi connectivity index (χ2n) is 5.80. The Bertz CT molecular complexity index is 544. The second kappa shape index (κ2) is 8.53. The van der Waals surface area contributed by atoms with Crippen LogP contribution in [0.3, 0.4) is 0 Å². The van der Waals surface area contributed by atoms with E-state index in [2.05, 4.69) is 10.6 Å². The van der Waals surface area contributed by atoms with E-state index in [0.717, 1.165) is 19.3 Å². The van der Waals surface area contributed by atoms with E-state index in [9.17, 15) is 9.59 Å². The fourth-order valence-electron chi connectivity index (χ4n) is 2.38. The van der Waals surface area contributed by atoms with E-state index in [4.69, 9.17) is 4.74 Å². The fraction of sp³-hybridized carbons (Fsp3) is 0.529. The van der Waals surface area contributed by atoms with Crippen molar-refractivity contribution in [3.8, 4) is 5.75 Å². The molecule has 2 N–H and O–H groups in total. The van der Waals surface area contributed by atoms with Gasteiger partial charge in [0.1, 0.15) is 5.75 Å². The molecule has 1 aromatic carbocycles. The Labute approximate surface area is 137 Å². The maximum absolute atomic E-state index is 12.2. The molecule has 126 valence electrons. The van der Waals surface area contributed by atoms with E-state index < -0.39 is 0 Å². The van der Waals surface area contributed by atoms with E-state index in [0.29, 0.717) is 24.0 Å². The molecule has 1 aliphatic carbocycles. The van der Waals surface area contributed by atoms with Crippen LogP contribution in [-0.2, 0) is 9.59 Å². The van der Waals surface area contributed by atoms with Crippen molar-refractivity contribution in [2.45, 2.75) is 32.2 Å². The van der Waals surface area contributed by atoms with Crippen LogP contribution >= 0.6 is 0 Å². The van der Waals surface area contributed by atoms with Gasteiger partial charge in [0, 0.05) is 6.04 Å². The molecule has 6 heteroatoms. The van der Waals surface area contributed by atoms with Gasteiger partial charge in [-0.2, -0.15) is 0 Å². The largest absolute Gasteiger partial charge is 0.495 e. The highest BCUT2D eigenvalue weighted by Gasteiger charge is 2.24. The monoisotopic (exact) mass is 319 g/mol. The van der Waals surface area contributed by atoms with E-state index in [1.807, 2.05) is 24.0 Å². The molecule has 1 aliphatic rings. The molecule has 0 unspecified atom stereocenters. The summed E-state index contributed by atoms with van der Waals surface area (Å²) in [5.41, 5.74) is 0.638. The number of rotatable bonds is 9. The zero-order chi connectivity index (χ0) is 16.7. The summed E-state index contributed by atoms with van der Waals surface area (Å²) in [5.74, 6) is 0.461. The molecule has 0 spiro atoms. The van der Waals surface area contributed by atoms with Crippen LogP contribution in [0.15, 0.2) is 24.3 Å². The molecule has 0 aromatic heterocycles. The highest BCUT2D eigenvalue weighted by atomic mass is 16.5. The first-order valence-corrected chi connectivity index (χ1v) is 8.07. The van der Waals surface area contributed by atoms with Gasteiger partial charge in [-0.25, -0.2) is 0 Å². The summed E-state index contributed by atoms with van der Waals surface area (Å²) in [4.78, 5) is 26.0. The number of nitrogens with one attached hydrogen (secondary N) is 2. The zero-order valence-electron chi connectivity index (χ0n) is 13.8. The molecule has 1 fully saturated rings. The van der Waals surface area contributed by atoms with Gasteiger partial charge in [0.15, 0.2) is 0 Å². The van der Waals surface area contributed by atoms with Gasteiger partial charge in [-0.15, -0.1) is 0 Å². The lowest BCUT2D eigenvalue weighted by Gasteiger charge is -2.21. The molecular formula is C17H25N3O3. The number of amides is 2. The number of methoxy groups -OCH3 is 1. The molecule has 1 aromatic rings. The van der Waals surface area contributed by atoms with Crippen LogP contribution in [-0.4, -0.2) is 49.5 Å². The Morgan fingerprint density at radius 1 is 1.22 bits per heavy atom. The number of nitrogens with zero attached hydrogens (tertiary/aromatic N) is 1. The molecule has 1 saturated carbocycles. The number of carbonyl (C=O) groups is 2. The van der Waals surface area contributed by atoms with Crippen LogP contribution in [0.4, 0.5) is 5.69 Å². The van der Waals surface area contributed by atoms with Crippen molar-refractivity contribution in [1.82, 2.24) is 10.2 Å². The van der Waals surface area contributed by atoms with Gasteiger partial charge in [-0.1, -0.05) is 19.1 Å². The molecule has 0 heterocycles. The normalized spacial score (nSPS) is 13.7. The number of para-hydroxylation sites is 2. The van der Waals surface area contributed by atoms with Crippen molar-refractivity contribution in [3.05, 3.63) is 24.3 Å². The minimum absolute atomic E-state index is 0.00829. The number of hydrogen-bond acceptors (Lipinski definition) is 4. The molecule has 2 rings (SSSR count). The van der Waals surface area contributed by atoms with Crippen LogP contribution < -0.4 is 15.4 Å². The fourth-order valence-corrected chi connectivity index (χ4v) is 2.38. The lowest BCUT2D eigenvalue weighted by Crippen LogP contribution is -2.42. The first-order chi connectivity index (χ1) is 11.1. The van der Waals surface area contributed by atoms with Crippen molar-refractivity contribution in [3.63, 3.8) is 0 Å². The highest BCUT2D eigenvalue weighted by molar-refractivity contribution is 5.94. The summed E-state index contributed by atoms with van der Waals surface area (Å²) in [6.07, 6.45) is 3.01. The van der Waals surface area contributed by atoms with Gasteiger partial charge in [-0.3, -0.25) is 14.5 Å². The summed E-state index contributed by atoms with van der Waals surface area (Å²) < 4.78 is 5.22. The van der Waals surface area contributed by atoms with Gasteiger partial charge in [0.05, 0.1) is 25.9 Å². The van der Waals surface area contributed by atoms with Gasteiger partial charge in [-0.05, 0) is 37.9 Å². The predicted molar refractivity (Wildman–Crippen MR) is 89.5 cm³/mol. The molecule has 23 heavy (non-hydrogen) atoms. The molecule has 6 nitrogen and oxygen atoms in total. The maximum Gasteiger partial charge on any atom is 0.238 e. The topological polar surface area (TPSA) is 70.7 Å². The Morgan fingerprint density at radius 2 is 1.91 bits per heavy atom. The van der Waals surface area contributed by atoms with Crippen LogP contribution in [0.2, 0.25) is 0 Å². The minimum Gasteiger partial charge on any atom is -0.495 e. The molecule has 0 bridgehead atoms. The van der Waals surface area contributed by atoms with E-state index in [-0.39, 0.29) is 24.9 Å². The Balaban J connectivity index is 1.87. The standard InChI is InChI=1S/C17H25N3O3/c1-3-10-20(11-16(21)18-13-8-9-13)12-17(22)19-14-6-4-5-7-15(14)23-2/h4-7,13H,3,8-12H2,1-2H3,(H,18,21)(H,19,22). The van der Waals surface area contributed by atoms with Crippen molar-refractivity contribution in [2.24, 2.45) is 0 Å². The third-order valence-electron chi connectivity index (χ3n) is 3.60. The average Bonchev–Trinajstić information content (AvgIpc) is 3.31. The Kier molecular flexibility index (Phi) is 6.40. The summed E-state index contributed by atoms with van der Waals surface area (Å²) in [6, 6.07) is 7.61. The quantitative estimate of drug-likeness (QED) is 0.726. The lowest BCUT2D eigenvalue weighted by molar-refractivity contribution is -0.123. The van der Waals surface area contributed by atoms with Crippen LogP contribution in [0.25, 0.3) is 0 Å². The van der Waals surface area contributed by atoms with Gasteiger partial charge >= 0.3 is 0 Å². The summed E-state index contributed by atoms with van der Waals surface area (Å²) in [5, 5.41) is 5.79. The average molecular weight is 319 g/mol. The molecule has 0 atom stereocenters. The van der Waals surface area contributed by atoms with Crippen molar-refractivity contribution < 1.29 is 14.3 Å². The molecule has 0 saturated heterocycles. The first-order valence-electron chi connectivity index (χ1n) is 8.07. The number of anilines is 1. The summed E-state index contributed by atoms with van der Waals surface area (Å²) >= 11 is 0. The highest BCUT2D eigenvalue weighted by Crippen LogP contribution is 2.22. The summed E-state index contributed by atoms with van der Waals surface area (Å²) in [6.45, 7) is 3.18. The van der Waals surface area contributed by atoms with E-state index in [1.54, 1.807) is 19.2 Å².